The van der Waals surface area contributed by atoms with E-state index in [2.05, 4.69) is 45.1 Å². The lowest BCUT2D eigenvalue weighted by atomic mass is 10.3. The van der Waals surface area contributed by atoms with Crippen LogP contribution in [0.1, 0.15) is 13.3 Å². The standard InChI is InChI=1S/C13H13N3S2/c1-2-6-14-11-9-5-8-18-13(9)16-12(15-11)10-4-3-7-17-10/h3-5,7-8H,2,6H2,1H3,(H,14,15,16). The molecule has 0 bridgehead atoms. The summed E-state index contributed by atoms with van der Waals surface area (Å²) in [7, 11) is 0. The molecule has 3 rings (SSSR count). The van der Waals surface area contributed by atoms with Crippen molar-refractivity contribution in [1.29, 1.82) is 0 Å². The fourth-order valence-electron chi connectivity index (χ4n) is 1.75. The zero-order chi connectivity index (χ0) is 12.4. The number of hydrogen-bond acceptors (Lipinski definition) is 5. The van der Waals surface area contributed by atoms with Crippen LogP contribution in [0.5, 0.6) is 0 Å². The van der Waals surface area contributed by atoms with Crippen molar-refractivity contribution in [1.82, 2.24) is 9.97 Å². The van der Waals surface area contributed by atoms with Crippen LogP contribution in [0.3, 0.4) is 0 Å². The molecule has 3 aromatic rings. The van der Waals surface area contributed by atoms with Crippen molar-refractivity contribution < 1.29 is 0 Å². The highest BCUT2D eigenvalue weighted by molar-refractivity contribution is 7.17. The van der Waals surface area contributed by atoms with Crippen molar-refractivity contribution >= 4 is 38.7 Å². The van der Waals surface area contributed by atoms with Crippen LogP contribution in [0.15, 0.2) is 29.0 Å². The Bertz CT molecular complexity index is 643. The average molecular weight is 275 g/mol. The molecule has 0 spiro atoms. The fraction of sp³-hybridized carbons (Fsp3) is 0.231. The molecular formula is C13H13N3S2. The van der Waals surface area contributed by atoms with E-state index in [0.717, 1.165) is 39.7 Å². The first-order valence-electron chi connectivity index (χ1n) is 5.91. The van der Waals surface area contributed by atoms with Gasteiger partial charge in [-0.25, -0.2) is 9.97 Å². The van der Waals surface area contributed by atoms with Gasteiger partial charge in [-0.15, -0.1) is 22.7 Å². The van der Waals surface area contributed by atoms with Gasteiger partial charge in [0.15, 0.2) is 5.82 Å². The highest BCUT2D eigenvalue weighted by Crippen LogP contribution is 2.30. The van der Waals surface area contributed by atoms with Gasteiger partial charge in [0, 0.05) is 6.54 Å². The third-order valence-electron chi connectivity index (χ3n) is 2.61. The van der Waals surface area contributed by atoms with E-state index in [1.165, 1.54) is 0 Å². The zero-order valence-corrected chi connectivity index (χ0v) is 11.6. The van der Waals surface area contributed by atoms with E-state index in [1.807, 2.05) is 6.07 Å². The van der Waals surface area contributed by atoms with Gasteiger partial charge < -0.3 is 5.32 Å². The van der Waals surface area contributed by atoms with Crippen LogP contribution in [0, 0.1) is 0 Å². The fourth-order valence-corrected chi connectivity index (χ4v) is 3.17. The number of hydrogen-bond donors (Lipinski definition) is 1. The minimum Gasteiger partial charge on any atom is -0.369 e. The Morgan fingerprint density at radius 3 is 2.89 bits per heavy atom. The lowest BCUT2D eigenvalue weighted by Crippen LogP contribution is -2.03. The molecule has 0 fully saturated rings. The van der Waals surface area contributed by atoms with Gasteiger partial charge in [-0.1, -0.05) is 13.0 Å². The first-order chi connectivity index (χ1) is 8.88. The maximum atomic E-state index is 4.65. The molecule has 0 unspecified atom stereocenters. The van der Waals surface area contributed by atoms with Crippen molar-refractivity contribution in [2.45, 2.75) is 13.3 Å². The molecule has 3 nitrogen and oxygen atoms in total. The topological polar surface area (TPSA) is 37.8 Å². The van der Waals surface area contributed by atoms with Gasteiger partial charge in [0.2, 0.25) is 0 Å². The first kappa shape index (κ1) is 11.6. The molecule has 5 heteroatoms. The van der Waals surface area contributed by atoms with Gasteiger partial charge in [0.05, 0.1) is 10.3 Å². The number of anilines is 1. The summed E-state index contributed by atoms with van der Waals surface area (Å²) < 4.78 is 0. The smallest absolute Gasteiger partial charge is 0.173 e. The molecule has 0 aromatic carbocycles. The number of fused-ring (bicyclic) bond motifs is 1. The summed E-state index contributed by atoms with van der Waals surface area (Å²) in [6, 6.07) is 6.17. The Balaban J connectivity index is 2.11. The number of rotatable bonds is 4. The van der Waals surface area contributed by atoms with Gasteiger partial charge >= 0.3 is 0 Å². The molecule has 1 N–H and O–H groups in total. The molecule has 0 radical (unpaired) electrons. The van der Waals surface area contributed by atoms with Gasteiger partial charge in [-0.2, -0.15) is 0 Å². The molecule has 0 atom stereocenters. The monoisotopic (exact) mass is 275 g/mol. The van der Waals surface area contributed by atoms with Crippen LogP contribution in [0.4, 0.5) is 5.82 Å². The quantitative estimate of drug-likeness (QED) is 0.774. The summed E-state index contributed by atoms with van der Waals surface area (Å²) in [5.41, 5.74) is 0. The van der Waals surface area contributed by atoms with Crippen LogP contribution < -0.4 is 5.32 Å². The predicted octanol–water partition coefficient (Wildman–Crippen LogP) is 4.24. The van der Waals surface area contributed by atoms with E-state index in [4.69, 9.17) is 0 Å². The molecule has 0 aliphatic heterocycles. The molecule has 3 heterocycles. The Morgan fingerprint density at radius 2 is 2.11 bits per heavy atom. The summed E-state index contributed by atoms with van der Waals surface area (Å²) in [5.74, 6) is 1.77. The summed E-state index contributed by atoms with van der Waals surface area (Å²) >= 11 is 3.33. The van der Waals surface area contributed by atoms with Gasteiger partial charge in [-0.3, -0.25) is 0 Å². The SMILES string of the molecule is CCCNc1nc(-c2cccs2)nc2sccc12. The molecular weight excluding hydrogens is 262 g/mol. The number of aromatic nitrogens is 2. The van der Waals surface area contributed by atoms with Crippen LogP contribution in [-0.4, -0.2) is 16.5 Å². The van der Waals surface area contributed by atoms with E-state index in [-0.39, 0.29) is 0 Å². The van der Waals surface area contributed by atoms with Crippen LogP contribution in [0.2, 0.25) is 0 Å². The molecule has 0 saturated carbocycles. The van der Waals surface area contributed by atoms with Crippen molar-refractivity contribution in [2.24, 2.45) is 0 Å². The highest BCUT2D eigenvalue weighted by atomic mass is 32.1. The highest BCUT2D eigenvalue weighted by Gasteiger charge is 2.10. The minimum absolute atomic E-state index is 0.818. The summed E-state index contributed by atoms with van der Waals surface area (Å²) in [6.45, 7) is 3.09. The first-order valence-corrected chi connectivity index (χ1v) is 7.67. The van der Waals surface area contributed by atoms with Crippen molar-refractivity contribution in [3.63, 3.8) is 0 Å². The van der Waals surface area contributed by atoms with Crippen molar-refractivity contribution in [3.8, 4) is 10.7 Å². The molecule has 0 aliphatic rings. The van der Waals surface area contributed by atoms with Crippen molar-refractivity contribution in [3.05, 3.63) is 29.0 Å². The average Bonchev–Trinajstić information content (AvgIpc) is 3.05. The second-order valence-corrected chi connectivity index (χ2v) is 5.78. The lowest BCUT2D eigenvalue weighted by Gasteiger charge is -2.06. The molecule has 0 saturated heterocycles. The van der Waals surface area contributed by atoms with E-state index < -0.39 is 0 Å². The van der Waals surface area contributed by atoms with Crippen LogP contribution in [-0.2, 0) is 0 Å². The lowest BCUT2D eigenvalue weighted by molar-refractivity contribution is 0.971. The minimum atomic E-state index is 0.818. The summed E-state index contributed by atoms with van der Waals surface area (Å²) in [5, 5.41) is 8.62. The van der Waals surface area contributed by atoms with E-state index in [1.54, 1.807) is 22.7 Å². The third-order valence-corrected chi connectivity index (χ3v) is 4.28. The third kappa shape index (κ3) is 2.11. The van der Waals surface area contributed by atoms with E-state index in [0.29, 0.717) is 0 Å². The van der Waals surface area contributed by atoms with Crippen LogP contribution >= 0.6 is 22.7 Å². The van der Waals surface area contributed by atoms with Crippen molar-refractivity contribution in [2.75, 3.05) is 11.9 Å². The normalized spacial score (nSPS) is 10.9. The molecule has 3 aromatic heterocycles. The van der Waals surface area contributed by atoms with Gasteiger partial charge in [0.1, 0.15) is 10.6 Å². The molecule has 0 aliphatic carbocycles. The number of nitrogens with zero attached hydrogens (tertiary/aromatic N) is 2. The summed E-state index contributed by atoms with van der Waals surface area (Å²) in [4.78, 5) is 11.4. The van der Waals surface area contributed by atoms with E-state index >= 15 is 0 Å². The Labute approximate surface area is 114 Å². The Morgan fingerprint density at radius 1 is 1.17 bits per heavy atom. The second-order valence-electron chi connectivity index (χ2n) is 3.94. The number of thiophene rings is 2. The predicted molar refractivity (Wildman–Crippen MR) is 79.5 cm³/mol. The largest absolute Gasteiger partial charge is 0.369 e. The summed E-state index contributed by atoms with van der Waals surface area (Å²) in [6.07, 6.45) is 1.09. The maximum absolute atomic E-state index is 4.65. The second kappa shape index (κ2) is 5.04. The van der Waals surface area contributed by atoms with Gasteiger partial charge in [-0.05, 0) is 29.3 Å². The van der Waals surface area contributed by atoms with Gasteiger partial charge in [0.25, 0.3) is 0 Å². The maximum Gasteiger partial charge on any atom is 0.173 e. The molecule has 18 heavy (non-hydrogen) atoms. The molecule has 0 amide bonds. The van der Waals surface area contributed by atoms with Crippen LogP contribution in [0.25, 0.3) is 20.9 Å². The van der Waals surface area contributed by atoms with E-state index in [9.17, 15) is 0 Å². The Kier molecular flexibility index (Phi) is 3.25. The Hall–Kier alpha value is -1.46. The number of nitrogens with one attached hydrogen (secondary N) is 1. The molecule has 92 valence electrons. The zero-order valence-electron chi connectivity index (χ0n) is 10.0.